The molecule has 0 bridgehead atoms. The molecule has 0 spiro atoms. The van der Waals surface area contributed by atoms with Crippen molar-refractivity contribution in [3.8, 4) is 0 Å². The quantitative estimate of drug-likeness (QED) is 0.872. The molecule has 0 radical (unpaired) electrons. The molecule has 1 fully saturated rings. The highest BCUT2D eigenvalue weighted by Gasteiger charge is 2.24. The van der Waals surface area contributed by atoms with E-state index in [2.05, 4.69) is 5.32 Å². The lowest BCUT2D eigenvalue weighted by Crippen LogP contribution is -2.39. The van der Waals surface area contributed by atoms with E-state index in [-0.39, 0.29) is 24.7 Å². The van der Waals surface area contributed by atoms with E-state index in [9.17, 15) is 18.8 Å². The van der Waals surface area contributed by atoms with Crippen LogP contribution in [-0.2, 0) is 19.6 Å². The highest BCUT2D eigenvalue weighted by atomic mass is 32.1. The Labute approximate surface area is 141 Å². The van der Waals surface area contributed by atoms with Crippen molar-refractivity contribution in [3.63, 3.8) is 0 Å². The number of hydrogen-bond acceptors (Lipinski definition) is 4. The number of rotatable bonds is 5. The summed E-state index contributed by atoms with van der Waals surface area (Å²) in [6.45, 7) is 4.57. The zero-order valence-corrected chi connectivity index (χ0v) is 14.4. The van der Waals surface area contributed by atoms with E-state index >= 15 is 0 Å². The lowest BCUT2D eigenvalue weighted by Gasteiger charge is -2.12. The fourth-order valence-corrected chi connectivity index (χ4v) is 4.32. The normalized spacial score (nSPS) is 14.6. The number of carbonyl (C=O) groups is 1. The molecule has 2 aromatic rings. The standard InChI is InChI=1S/C15H19FN4O3S/c1-3-19-12(21)11-9(2)10(8-18-7-5-17-14(18)22)24-13(11)20(6-4-16)15(19)23/h3-8H2,1-2H3,(H,17,22). The number of carbonyl (C=O) groups excluding carboxylic acids is 1. The lowest BCUT2D eigenvalue weighted by molar-refractivity contribution is 0.216. The van der Waals surface area contributed by atoms with Crippen LogP contribution in [0.2, 0.25) is 0 Å². The van der Waals surface area contributed by atoms with Gasteiger partial charge in [0.25, 0.3) is 5.56 Å². The van der Waals surface area contributed by atoms with Crippen LogP contribution in [0.4, 0.5) is 9.18 Å². The molecule has 0 saturated carbocycles. The monoisotopic (exact) mass is 354 g/mol. The summed E-state index contributed by atoms with van der Waals surface area (Å²) in [7, 11) is 0. The summed E-state index contributed by atoms with van der Waals surface area (Å²) in [4.78, 5) is 39.8. The number of aryl methyl sites for hydroxylation is 2. The number of urea groups is 1. The molecule has 0 atom stereocenters. The Morgan fingerprint density at radius 1 is 1.25 bits per heavy atom. The Balaban J connectivity index is 2.20. The van der Waals surface area contributed by atoms with Gasteiger partial charge < -0.3 is 10.2 Å². The van der Waals surface area contributed by atoms with Crippen LogP contribution in [0.1, 0.15) is 17.4 Å². The number of thiophene rings is 1. The summed E-state index contributed by atoms with van der Waals surface area (Å²) in [6.07, 6.45) is 0. The van der Waals surface area contributed by atoms with Gasteiger partial charge in [0.05, 0.1) is 18.5 Å². The third-order valence-corrected chi connectivity index (χ3v) is 5.60. The Morgan fingerprint density at radius 2 is 2.00 bits per heavy atom. The van der Waals surface area contributed by atoms with Crippen molar-refractivity contribution in [2.24, 2.45) is 0 Å². The summed E-state index contributed by atoms with van der Waals surface area (Å²) >= 11 is 1.29. The molecule has 1 saturated heterocycles. The third kappa shape index (κ3) is 2.52. The van der Waals surface area contributed by atoms with Crippen LogP contribution in [0.25, 0.3) is 10.2 Å². The van der Waals surface area contributed by atoms with E-state index in [4.69, 9.17) is 0 Å². The van der Waals surface area contributed by atoms with Crippen molar-refractivity contribution in [1.82, 2.24) is 19.4 Å². The van der Waals surface area contributed by atoms with Crippen molar-refractivity contribution in [1.29, 1.82) is 0 Å². The largest absolute Gasteiger partial charge is 0.336 e. The first-order valence-electron chi connectivity index (χ1n) is 7.84. The number of fused-ring (bicyclic) bond motifs is 1. The molecular formula is C15H19FN4O3S. The van der Waals surface area contributed by atoms with Gasteiger partial charge >= 0.3 is 11.7 Å². The number of halogens is 1. The van der Waals surface area contributed by atoms with E-state index in [0.717, 1.165) is 15.0 Å². The molecule has 3 rings (SSSR count). The Bertz CT molecular complexity index is 914. The Morgan fingerprint density at radius 3 is 2.58 bits per heavy atom. The van der Waals surface area contributed by atoms with Crippen LogP contribution in [0.5, 0.6) is 0 Å². The van der Waals surface area contributed by atoms with Crippen molar-refractivity contribution in [2.75, 3.05) is 19.8 Å². The van der Waals surface area contributed by atoms with E-state index in [1.54, 1.807) is 11.8 Å². The maximum atomic E-state index is 12.9. The molecular weight excluding hydrogens is 335 g/mol. The van der Waals surface area contributed by atoms with Gasteiger partial charge in [-0.05, 0) is 19.4 Å². The van der Waals surface area contributed by atoms with Crippen molar-refractivity contribution >= 4 is 27.6 Å². The van der Waals surface area contributed by atoms with Crippen LogP contribution in [0.3, 0.4) is 0 Å². The van der Waals surface area contributed by atoms with Gasteiger partial charge in [-0.15, -0.1) is 11.3 Å². The SMILES string of the molecule is CCn1c(=O)c2c(C)c(CN3CCNC3=O)sc2n(CCF)c1=O. The number of aromatic nitrogens is 2. The molecule has 9 heteroatoms. The molecule has 3 heterocycles. The topological polar surface area (TPSA) is 76.3 Å². The van der Waals surface area contributed by atoms with Crippen LogP contribution in [-0.4, -0.2) is 39.8 Å². The Hall–Kier alpha value is -2.16. The maximum absolute atomic E-state index is 12.9. The minimum Gasteiger partial charge on any atom is -0.336 e. The van der Waals surface area contributed by atoms with Gasteiger partial charge in [0.1, 0.15) is 11.5 Å². The fraction of sp³-hybridized carbons (Fsp3) is 0.533. The zero-order valence-electron chi connectivity index (χ0n) is 13.6. The first kappa shape index (κ1) is 16.7. The first-order valence-corrected chi connectivity index (χ1v) is 8.65. The minimum absolute atomic E-state index is 0.0841. The second-order valence-corrected chi connectivity index (χ2v) is 6.74. The summed E-state index contributed by atoms with van der Waals surface area (Å²) in [5.74, 6) is 0. The predicted molar refractivity (Wildman–Crippen MR) is 90.5 cm³/mol. The molecule has 0 aliphatic carbocycles. The second-order valence-electron chi connectivity index (χ2n) is 5.66. The van der Waals surface area contributed by atoms with Crippen molar-refractivity contribution in [2.45, 2.75) is 33.5 Å². The zero-order chi connectivity index (χ0) is 17.4. The molecule has 0 aromatic carbocycles. The van der Waals surface area contributed by atoms with Crippen LogP contribution in [0.15, 0.2) is 9.59 Å². The van der Waals surface area contributed by atoms with E-state index < -0.39 is 12.4 Å². The molecule has 24 heavy (non-hydrogen) atoms. The number of nitrogens with one attached hydrogen (secondary N) is 1. The van der Waals surface area contributed by atoms with E-state index in [1.807, 2.05) is 6.92 Å². The summed E-state index contributed by atoms with van der Waals surface area (Å²) in [6, 6.07) is -0.140. The summed E-state index contributed by atoms with van der Waals surface area (Å²) in [5, 5.41) is 3.18. The molecule has 1 N–H and O–H groups in total. The molecule has 2 amide bonds. The van der Waals surface area contributed by atoms with Crippen LogP contribution in [0, 0.1) is 6.92 Å². The minimum atomic E-state index is -0.683. The second kappa shape index (κ2) is 6.39. The molecule has 2 aromatic heterocycles. The van der Waals surface area contributed by atoms with E-state index in [1.165, 1.54) is 15.9 Å². The molecule has 1 aliphatic rings. The summed E-state index contributed by atoms with van der Waals surface area (Å²) in [5.41, 5.74) is -0.0765. The van der Waals surface area contributed by atoms with Gasteiger partial charge in [-0.3, -0.25) is 13.9 Å². The summed E-state index contributed by atoms with van der Waals surface area (Å²) < 4.78 is 15.4. The Kier molecular flexibility index (Phi) is 4.44. The predicted octanol–water partition coefficient (Wildman–Crippen LogP) is 1.05. The smallest absolute Gasteiger partial charge is 0.332 e. The molecule has 7 nitrogen and oxygen atoms in total. The van der Waals surface area contributed by atoms with Gasteiger partial charge in [-0.25, -0.2) is 14.0 Å². The van der Waals surface area contributed by atoms with Gasteiger partial charge in [0.15, 0.2) is 0 Å². The van der Waals surface area contributed by atoms with Crippen LogP contribution >= 0.6 is 11.3 Å². The van der Waals surface area contributed by atoms with Gasteiger partial charge in [0.2, 0.25) is 0 Å². The van der Waals surface area contributed by atoms with Crippen molar-refractivity contribution in [3.05, 3.63) is 31.3 Å². The highest BCUT2D eigenvalue weighted by molar-refractivity contribution is 7.18. The molecule has 130 valence electrons. The highest BCUT2D eigenvalue weighted by Crippen LogP contribution is 2.29. The maximum Gasteiger partial charge on any atom is 0.332 e. The van der Waals surface area contributed by atoms with Gasteiger partial charge in [-0.1, -0.05) is 0 Å². The average molecular weight is 354 g/mol. The number of amides is 2. The van der Waals surface area contributed by atoms with Crippen LogP contribution < -0.4 is 16.6 Å². The van der Waals surface area contributed by atoms with Gasteiger partial charge in [0, 0.05) is 24.5 Å². The fourth-order valence-electron chi connectivity index (χ4n) is 2.99. The number of alkyl halides is 1. The molecule has 0 unspecified atom stereocenters. The first-order chi connectivity index (χ1) is 11.5. The number of hydrogen-bond donors (Lipinski definition) is 1. The third-order valence-electron chi connectivity index (χ3n) is 4.30. The molecule has 1 aliphatic heterocycles. The average Bonchev–Trinajstić information content (AvgIpc) is 3.09. The van der Waals surface area contributed by atoms with E-state index in [0.29, 0.717) is 29.9 Å². The van der Waals surface area contributed by atoms with Gasteiger partial charge in [-0.2, -0.15) is 0 Å². The number of nitrogens with zero attached hydrogens (tertiary/aromatic N) is 3. The lowest BCUT2D eigenvalue weighted by atomic mass is 10.2. The van der Waals surface area contributed by atoms with Crippen molar-refractivity contribution < 1.29 is 9.18 Å².